The number of aryl methyl sites for hydroxylation is 1. The summed E-state index contributed by atoms with van der Waals surface area (Å²) in [4.78, 5) is 8.21. The van der Waals surface area contributed by atoms with Crippen molar-refractivity contribution in [2.24, 2.45) is 0 Å². The molecule has 1 N–H and O–H groups in total. The lowest BCUT2D eigenvalue weighted by atomic mass is 10.2. The maximum atomic E-state index is 5.02. The molecule has 0 bridgehead atoms. The number of hydrogen-bond acceptors (Lipinski definition) is 5. The summed E-state index contributed by atoms with van der Waals surface area (Å²) in [5.41, 5.74) is 1.24. The Bertz CT molecular complexity index is 441. The van der Waals surface area contributed by atoms with Gasteiger partial charge in [-0.15, -0.1) is 0 Å². The molecule has 0 unspecified atom stereocenters. The summed E-state index contributed by atoms with van der Waals surface area (Å²) in [6, 6.07) is 4.03. The van der Waals surface area contributed by atoms with E-state index in [-0.39, 0.29) is 0 Å². The summed E-state index contributed by atoms with van der Waals surface area (Å²) in [7, 11) is 0. The van der Waals surface area contributed by atoms with Gasteiger partial charge in [0.1, 0.15) is 0 Å². The zero-order chi connectivity index (χ0) is 11.9. The molecule has 0 aliphatic carbocycles. The fourth-order valence-corrected chi connectivity index (χ4v) is 1.54. The zero-order valence-electron chi connectivity index (χ0n) is 9.89. The monoisotopic (exact) mass is 232 g/mol. The molecule has 0 aliphatic heterocycles. The SMILES string of the molecule is Cc1noc(CCNCCc2cccnc2)n1. The highest BCUT2D eigenvalue weighted by molar-refractivity contribution is 5.08. The fourth-order valence-electron chi connectivity index (χ4n) is 1.54. The molecule has 0 saturated heterocycles. The van der Waals surface area contributed by atoms with Crippen LogP contribution >= 0.6 is 0 Å². The van der Waals surface area contributed by atoms with E-state index < -0.39 is 0 Å². The number of nitrogens with one attached hydrogen (secondary N) is 1. The van der Waals surface area contributed by atoms with Gasteiger partial charge in [0.2, 0.25) is 5.89 Å². The average molecular weight is 232 g/mol. The molecule has 2 aromatic heterocycles. The lowest BCUT2D eigenvalue weighted by Crippen LogP contribution is -2.20. The predicted octanol–water partition coefficient (Wildman–Crippen LogP) is 1.15. The van der Waals surface area contributed by atoms with Crippen molar-refractivity contribution in [1.82, 2.24) is 20.4 Å². The van der Waals surface area contributed by atoms with E-state index in [9.17, 15) is 0 Å². The average Bonchev–Trinajstić information content (AvgIpc) is 2.76. The number of nitrogens with zero attached hydrogens (tertiary/aromatic N) is 3. The Morgan fingerprint density at radius 2 is 2.18 bits per heavy atom. The van der Waals surface area contributed by atoms with E-state index in [0.29, 0.717) is 11.7 Å². The van der Waals surface area contributed by atoms with Gasteiger partial charge in [-0.1, -0.05) is 11.2 Å². The van der Waals surface area contributed by atoms with Crippen molar-refractivity contribution in [2.75, 3.05) is 13.1 Å². The van der Waals surface area contributed by atoms with Crippen LogP contribution < -0.4 is 5.32 Å². The minimum atomic E-state index is 0.690. The van der Waals surface area contributed by atoms with Gasteiger partial charge in [0, 0.05) is 25.4 Å². The molecule has 5 nitrogen and oxygen atoms in total. The molecule has 0 radical (unpaired) electrons. The highest BCUT2D eigenvalue weighted by atomic mass is 16.5. The minimum Gasteiger partial charge on any atom is -0.339 e. The van der Waals surface area contributed by atoms with Gasteiger partial charge in [0.15, 0.2) is 5.82 Å². The van der Waals surface area contributed by atoms with Gasteiger partial charge in [0.25, 0.3) is 0 Å². The molecule has 90 valence electrons. The third-order valence-electron chi connectivity index (χ3n) is 2.40. The first-order chi connectivity index (χ1) is 8.34. The molecule has 2 heterocycles. The van der Waals surface area contributed by atoms with Crippen LogP contribution in [0.5, 0.6) is 0 Å². The van der Waals surface area contributed by atoms with E-state index in [1.54, 1.807) is 6.20 Å². The van der Waals surface area contributed by atoms with E-state index in [1.807, 2.05) is 19.2 Å². The van der Waals surface area contributed by atoms with E-state index in [4.69, 9.17) is 4.52 Å². The molecule has 0 amide bonds. The molecule has 0 atom stereocenters. The number of pyridine rings is 1. The van der Waals surface area contributed by atoms with Gasteiger partial charge in [-0.3, -0.25) is 4.98 Å². The fraction of sp³-hybridized carbons (Fsp3) is 0.417. The predicted molar refractivity (Wildman–Crippen MR) is 63.5 cm³/mol. The summed E-state index contributed by atoms with van der Waals surface area (Å²) >= 11 is 0. The second-order valence-corrected chi connectivity index (χ2v) is 3.85. The van der Waals surface area contributed by atoms with Gasteiger partial charge >= 0.3 is 0 Å². The first-order valence-electron chi connectivity index (χ1n) is 5.73. The number of rotatable bonds is 6. The lowest BCUT2D eigenvalue weighted by Gasteiger charge is -2.02. The first-order valence-corrected chi connectivity index (χ1v) is 5.73. The summed E-state index contributed by atoms with van der Waals surface area (Å²) in [6.07, 6.45) is 5.43. The maximum Gasteiger partial charge on any atom is 0.227 e. The Kier molecular flexibility index (Phi) is 4.21. The summed E-state index contributed by atoms with van der Waals surface area (Å²) in [6.45, 7) is 3.60. The minimum absolute atomic E-state index is 0.690. The van der Waals surface area contributed by atoms with E-state index in [1.165, 1.54) is 5.56 Å². The standard InChI is InChI=1S/C12H16N4O/c1-10-15-12(17-16-10)5-8-13-7-4-11-3-2-6-14-9-11/h2-3,6,9,13H,4-5,7-8H2,1H3. The highest BCUT2D eigenvalue weighted by Crippen LogP contribution is 1.97. The molecule has 5 heteroatoms. The third kappa shape index (κ3) is 3.96. The molecule has 0 aromatic carbocycles. The highest BCUT2D eigenvalue weighted by Gasteiger charge is 2.01. The quantitative estimate of drug-likeness (QED) is 0.757. The van der Waals surface area contributed by atoms with Crippen LogP contribution in [0, 0.1) is 6.92 Å². The van der Waals surface area contributed by atoms with Crippen molar-refractivity contribution >= 4 is 0 Å². The molecule has 2 rings (SSSR count). The van der Waals surface area contributed by atoms with Crippen LogP contribution in [0.2, 0.25) is 0 Å². The normalized spacial score (nSPS) is 10.6. The largest absolute Gasteiger partial charge is 0.339 e. The molecule has 0 saturated carbocycles. The van der Waals surface area contributed by atoms with Crippen molar-refractivity contribution in [3.63, 3.8) is 0 Å². The van der Waals surface area contributed by atoms with Crippen LogP contribution in [0.3, 0.4) is 0 Å². The van der Waals surface area contributed by atoms with Crippen molar-refractivity contribution < 1.29 is 4.52 Å². The zero-order valence-corrected chi connectivity index (χ0v) is 9.89. The van der Waals surface area contributed by atoms with Crippen molar-refractivity contribution in [2.45, 2.75) is 19.8 Å². The van der Waals surface area contributed by atoms with Crippen molar-refractivity contribution in [1.29, 1.82) is 0 Å². The molecule has 0 spiro atoms. The summed E-state index contributed by atoms with van der Waals surface area (Å²) < 4.78 is 5.02. The van der Waals surface area contributed by atoms with Gasteiger partial charge in [0.05, 0.1) is 0 Å². The summed E-state index contributed by atoms with van der Waals surface area (Å²) in [5.74, 6) is 1.38. The molecule has 0 aliphatic rings. The molecule has 17 heavy (non-hydrogen) atoms. The Hall–Kier alpha value is -1.75. The van der Waals surface area contributed by atoms with Gasteiger partial charge in [-0.25, -0.2) is 0 Å². The van der Waals surface area contributed by atoms with Crippen LogP contribution in [0.15, 0.2) is 29.0 Å². The van der Waals surface area contributed by atoms with E-state index >= 15 is 0 Å². The van der Waals surface area contributed by atoms with Crippen LogP contribution in [-0.2, 0) is 12.8 Å². The molecular formula is C12H16N4O. The Morgan fingerprint density at radius 3 is 2.88 bits per heavy atom. The smallest absolute Gasteiger partial charge is 0.227 e. The lowest BCUT2D eigenvalue weighted by molar-refractivity contribution is 0.372. The number of hydrogen-bond donors (Lipinski definition) is 1. The van der Waals surface area contributed by atoms with E-state index in [2.05, 4.69) is 26.5 Å². The maximum absolute atomic E-state index is 5.02. The molecule has 0 fully saturated rings. The second-order valence-electron chi connectivity index (χ2n) is 3.85. The van der Waals surface area contributed by atoms with Crippen molar-refractivity contribution in [3.8, 4) is 0 Å². The first kappa shape index (κ1) is 11.7. The van der Waals surface area contributed by atoms with Gasteiger partial charge in [-0.05, 0) is 31.5 Å². The van der Waals surface area contributed by atoms with Crippen molar-refractivity contribution in [3.05, 3.63) is 41.8 Å². The molecular weight excluding hydrogens is 216 g/mol. The Balaban J connectivity index is 1.61. The number of aromatic nitrogens is 3. The Morgan fingerprint density at radius 1 is 1.29 bits per heavy atom. The van der Waals surface area contributed by atoms with Crippen LogP contribution in [0.25, 0.3) is 0 Å². The molecule has 2 aromatic rings. The van der Waals surface area contributed by atoms with Gasteiger partial charge in [-0.2, -0.15) is 4.98 Å². The summed E-state index contributed by atoms with van der Waals surface area (Å²) in [5, 5.41) is 7.08. The van der Waals surface area contributed by atoms with Gasteiger partial charge < -0.3 is 9.84 Å². The van der Waals surface area contributed by atoms with Crippen LogP contribution in [0.4, 0.5) is 0 Å². The Labute approximate surface area is 100 Å². The topological polar surface area (TPSA) is 63.8 Å². The van der Waals surface area contributed by atoms with E-state index in [0.717, 1.165) is 25.9 Å². The van der Waals surface area contributed by atoms with Crippen LogP contribution in [0.1, 0.15) is 17.3 Å². The second kappa shape index (κ2) is 6.10. The van der Waals surface area contributed by atoms with Crippen LogP contribution in [-0.4, -0.2) is 28.2 Å². The third-order valence-corrected chi connectivity index (χ3v) is 2.40.